The second-order valence-corrected chi connectivity index (χ2v) is 7.04. The Hall–Kier alpha value is -1.62. The van der Waals surface area contributed by atoms with Crippen LogP contribution >= 0.6 is 0 Å². The summed E-state index contributed by atoms with van der Waals surface area (Å²) in [5.41, 5.74) is 0.842. The predicted molar refractivity (Wildman–Crippen MR) is 112 cm³/mol. The van der Waals surface area contributed by atoms with E-state index < -0.39 is 0 Å². The lowest BCUT2D eigenvalue weighted by molar-refractivity contribution is 0.258. The SMILES string of the molecule is C#Cc1ccc(OCCCCCCCC)c(OCCCCCCCC)c1. The summed E-state index contributed by atoms with van der Waals surface area (Å²) >= 11 is 0. The third-order valence-electron chi connectivity index (χ3n) is 4.62. The van der Waals surface area contributed by atoms with Crippen molar-refractivity contribution in [2.24, 2.45) is 0 Å². The van der Waals surface area contributed by atoms with E-state index in [0.29, 0.717) is 0 Å². The maximum Gasteiger partial charge on any atom is 0.162 e. The number of terminal acetylenes is 1. The molecule has 0 heterocycles. The number of rotatable bonds is 16. The molecule has 1 aromatic carbocycles. The second kappa shape index (κ2) is 15.6. The zero-order chi connectivity index (χ0) is 18.9. The standard InChI is InChI=1S/C24H38O2/c1-4-7-9-11-13-15-19-25-23-18-17-22(6-3)21-24(23)26-20-16-14-12-10-8-5-2/h3,17-18,21H,4-5,7-16,19-20H2,1-2H3. The van der Waals surface area contributed by atoms with Gasteiger partial charge in [0.25, 0.3) is 0 Å². The van der Waals surface area contributed by atoms with E-state index in [1.807, 2.05) is 18.2 Å². The highest BCUT2D eigenvalue weighted by molar-refractivity contribution is 5.47. The van der Waals surface area contributed by atoms with Crippen LogP contribution in [0.1, 0.15) is 96.5 Å². The molecule has 0 N–H and O–H groups in total. The predicted octanol–water partition coefficient (Wildman–Crippen LogP) is 7.15. The van der Waals surface area contributed by atoms with Gasteiger partial charge >= 0.3 is 0 Å². The summed E-state index contributed by atoms with van der Waals surface area (Å²) in [6.07, 6.45) is 20.7. The third kappa shape index (κ3) is 10.4. The average molecular weight is 359 g/mol. The Morgan fingerprint density at radius 1 is 0.692 bits per heavy atom. The monoisotopic (exact) mass is 358 g/mol. The summed E-state index contributed by atoms with van der Waals surface area (Å²) in [7, 11) is 0. The van der Waals surface area contributed by atoms with Gasteiger partial charge in [-0.25, -0.2) is 0 Å². The molecule has 2 nitrogen and oxygen atoms in total. The van der Waals surface area contributed by atoms with Crippen molar-refractivity contribution < 1.29 is 9.47 Å². The van der Waals surface area contributed by atoms with Crippen molar-refractivity contribution in [2.75, 3.05) is 13.2 Å². The Morgan fingerprint density at radius 2 is 1.19 bits per heavy atom. The van der Waals surface area contributed by atoms with Crippen LogP contribution in [0.4, 0.5) is 0 Å². The maximum atomic E-state index is 5.98. The highest BCUT2D eigenvalue weighted by atomic mass is 16.5. The van der Waals surface area contributed by atoms with Crippen LogP contribution in [0, 0.1) is 12.3 Å². The molecule has 0 bridgehead atoms. The van der Waals surface area contributed by atoms with Gasteiger partial charge in [0, 0.05) is 5.56 Å². The first-order valence-corrected chi connectivity index (χ1v) is 10.7. The molecule has 1 rings (SSSR count). The van der Waals surface area contributed by atoms with Gasteiger partial charge < -0.3 is 9.47 Å². The molecule has 0 radical (unpaired) electrons. The molecule has 1 aromatic rings. The van der Waals surface area contributed by atoms with E-state index in [4.69, 9.17) is 15.9 Å². The lowest BCUT2D eigenvalue weighted by atomic mass is 10.1. The number of hydrogen-bond donors (Lipinski definition) is 0. The summed E-state index contributed by atoms with van der Waals surface area (Å²) in [6, 6.07) is 5.80. The van der Waals surface area contributed by atoms with Gasteiger partial charge in [-0.05, 0) is 31.0 Å². The number of ether oxygens (including phenoxy) is 2. The normalized spacial score (nSPS) is 10.5. The van der Waals surface area contributed by atoms with Gasteiger partial charge in [0.15, 0.2) is 11.5 Å². The zero-order valence-electron chi connectivity index (χ0n) is 17.0. The van der Waals surface area contributed by atoms with Crippen LogP contribution < -0.4 is 9.47 Å². The third-order valence-corrected chi connectivity index (χ3v) is 4.62. The van der Waals surface area contributed by atoms with Gasteiger partial charge in [0.2, 0.25) is 0 Å². The van der Waals surface area contributed by atoms with E-state index in [-0.39, 0.29) is 0 Å². The first-order valence-electron chi connectivity index (χ1n) is 10.7. The van der Waals surface area contributed by atoms with E-state index in [1.165, 1.54) is 64.2 Å². The number of benzene rings is 1. The molecule has 146 valence electrons. The molecule has 0 aliphatic heterocycles. The van der Waals surface area contributed by atoms with E-state index in [0.717, 1.165) is 43.1 Å². The topological polar surface area (TPSA) is 18.5 Å². The molecule has 2 heteroatoms. The minimum Gasteiger partial charge on any atom is -0.490 e. The Labute approximate surface area is 161 Å². The molecule has 0 aliphatic rings. The van der Waals surface area contributed by atoms with Crippen LogP contribution in [0.15, 0.2) is 18.2 Å². The van der Waals surface area contributed by atoms with Crippen LogP contribution in [0.3, 0.4) is 0 Å². The maximum absolute atomic E-state index is 5.98. The van der Waals surface area contributed by atoms with Crippen LogP contribution in [-0.2, 0) is 0 Å². The van der Waals surface area contributed by atoms with Gasteiger partial charge in [0.1, 0.15) is 0 Å². The Kier molecular flexibility index (Phi) is 13.5. The van der Waals surface area contributed by atoms with Crippen molar-refractivity contribution in [2.45, 2.75) is 90.9 Å². The molecule has 0 atom stereocenters. The molecule has 0 saturated heterocycles. The summed E-state index contributed by atoms with van der Waals surface area (Å²) in [6.45, 7) is 5.96. The van der Waals surface area contributed by atoms with E-state index in [9.17, 15) is 0 Å². The van der Waals surface area contributed by atoms with Crippen molar-refractivity contribution in [1.29, 1.82) is 0 Å². The van der Waals surface area contributed by atoms with Crippen molar-refractivity contribution in [3.8, 4) is 23.8 Å². The smallest absolute Gasteiger partial charge is 0.162 e. The van der Waals surface area contributed by atoms with Crippen LogP contribution in [0.25, 0.3) is 0 Å². The van der Waals surface area contributed by atoms with Crippen LogP contribution in [0.2, 0.25) is 0 Å². The number of unbranched alkanes of at least 4 members (excludes halogenated alkanes) is 10. The fourth-order valence-electron chi connectivity index (χ4n) is 2.96. The van der Waals surface area contributed by atoms with Gasteiger partial charge in [0.05, 0.1) is 13.2 Å². The first-order chi connectivity index (χ1) is 12.8. The first kappa shape index (κ1) is 22.4. The van der Waals surface area contributed by atoms with E-state index in [1.54, 1.807) is 0 Å². The summed E-state index contributed by atoms with van der Waals surface area (Å²) in [4.78, 5) is 0. The zero-order valence-corrected chi connectivity index (χ0v) is 17.0. The molecule has 0 spiro atoms. The lowest BCUT2D eigenvalue weighted by Crippen LogP contribution is -2.03. The van der Waals surface area contributed by atoms with Gasteiger partial charge in [-0.2, -0.15) is 0 Å². The van der Waals surface area contributed by atoms with Crippen LogP contribution in [0.5, 0.6) is 11.5 Å². The Balaban J connectivity index is 2.34. The van der Waals surface area contributed by atoms with E-state index >= 15 is 0 Å². The number of hydrogen-bond acceptors (Lipinski definition) is 2. The fraction of sp³-hybridized carbons (Fsp3) is 0.667. The van der Waals surface area contributed by atoms with E-state index in [2.05, 4.69) is 19.8 Å². The molecule has 0 aliphatic carbocycles. The fourth-order valence-corrected chi connectivity index (χ4v) is 2.96. The average Bonchev–Trinajstić information content (AvgIpc) is 2.67. The molecule has 26 heavy (non-hydrogen) atoms. The minimum absolute atomic E-state index is 0.730. The van der Waals surface area contributed by atoms with Crippen molar-refractivity contribution in [1.82, 2.24) is 0 Å². The molecular formula is C24H38O2. The Bertz CT molecular complexity index is 501. The van der Waals surface area contributed by atoms with Gasteiger partial charge in [-0.15, -0.1) is 6.42 Å². The summed E-state index contributed by atoms with van der Waals surface area (Å²) in [5.74, 6) is 4.29. The highest BCUT2D eigenvalue weighted by Gasteiger charge is 2.06. The molecule has 0 amide bonds. The van der Waals surface area contributed by atoms with Gasteiger partial charge in [-0.1, -0.05) is 84.0 Å². The minimum atomic E-state index is 0.730. The van der Waals surface area contributed by atoms with Crippen molar-refractivity contribution in [3.63, 3.8) is 0 Å². The van der Waals surface area contributed by atoms with Crippen molar-refractivity contribution >= 4 is 0 Å². The summed E-state index contributed by atoms with van der Waals surface area (Å²) in [5, 5.41) is 0. The lowest BCUT2D eigenvalue weighted by Gasteiger charge is -2.13. The quantitative estimate of drug-likeness (QED) is 0.231. The van der Waals surface area contributed by atoms with Gasteiger partial charge in [-0.3, -0.25) is 0 Å². The molecule has 0 saturated carbocycles. The van der Waals surface area contributed by atoms with Crippen LogP contribution in [-0.4, -0.2) is 13.2 Å². The molecule has 0 fully saturated rings. The second-order valence-electron chi connectivity index (χ2n) is 7.04. The van der Waals surface area contributed by atoms with Crippen molar-refractivity contribution in [3.05, 3.63) is 23.8 Å². The Morgan fingerprint density at radius 3 is 1.73 bits per heavy atom. The highest BCUT2D eigenvalue weighted by Crippen LogP contribution is 2.29. The molecule has 0 unspecified atom stereocenters. The molecule has 0 aromatic heterocycles. The molecular weight excluding hydrogens is 320 g/mol. The summed E-state index contributed by atoms with van der Waals surface area (Å²) < 4.78 is 11.9. The largest absolute Gasteiger partial charge is 0.490 e.